The summed E-state index contributed by atoms with van der Waals surface area (Å²) in [7, 11) is 0. The zero-order valence-corrected chi connectivity index (χ0v) is 9.74. The first-order valence-electron chi connectivity index (χ1n) is 5.25. The van der Waals surface area contributed by atoms with E-state index in [4.69, 9.17) is 0 Å². The Hall–Kier alpha value is -1.69. The number of rotatable bonds is 5. The maximum atomic E-state index is 13.3. The van der Waals surface area contributed by atoms with Crippen molar-refractivity contribution in [1.29, 1.82) is 0 Å². The van der Waals surface area contributed by atoms with Crippen LogP contribution < -0.4 is 5.32 Å². The number of hydrogen-bond acceptors (Lipinski definition) is 4. The highest BCUT2D eigenvalue weighted by molar-refractivity contribution is 5.63. The van der Waals surface area contributed by atoms with Crippen LogP contribution in [0.4, 0.5) is 15.8 Å². The van der Waals surface area contributed by atoms with Gasteiger partial charge >= 0.3 is 5.69 Å². The van der Waals surface area contributed by atoms with Crippen molar-refractivity contribution >= 4 is 11.4 Å². The molecule has 94 valence electrons. The molecule has 6 heteroatoms. The molecule has 1 aromatic rings. The Labute approximate surface area is 98.4 Å². The van der Waals surface area contributed by atoms with Crippen molar-refractivity contribution in [2.24, 2.45) is 0 Å². The molecule has 0 radical (unpaired) electrons. The fourth-order valence-electron chi connectivity index (χ4n) is 1.37. The van der Waals surface area contributed by atoms with Gasteiger partial charge in [0.1, 0.15) is 5.69 Å². The second-order valence-electron chi connectivity index (χ2n) is 4.09. The molecule has 0 aliphatic carbocycles. The standard InChI is InChI=1S/C11H15FN2O3/c1-3-11(2,7-15)13-9-6-4-5-8(12)10(9)14(16)17/h4-6,13,15H,3,7H2,1-2H3. The smallest absolute Gasteiger partial charge is 0.327 e. The van der Waals surface area contributed by atoms with Crippen molar-refractivity contribution in [2.45, 2.75) is 25.8 Å². The van der Waals surface area contributed by atoms with Crippen molar-refractivity contribution in [1.82, 2.24) is 0 Å². The number of para-hydroxylation sites is 1. The number of aliphatic hydroxyl groups excluding tert-OH is 1. The summed E-state index contributed by atoms with van der Waals surface area (Å²) in [5, 5.41) is 22.8. The number of hydrogen-bond donors (Lipinski definition) is 2. The lowest BCUT2D eigenvalue weighted by Gasteiger charge is -2.28. The van der Waals surface area contributed by atoms with Crippen LogP contribution in [0.15, 0.2) is 18.2 Å². The van der Waals surface area contributed by atoms with Crippen molar-refractivity contribution in [2.75, 3.05) is 11.9 Å². The lowest BCUT2D eigenvalue weighted by molar-refractivity contribution is -0.386. The first-order valence-corrected chi connectivity index (χ1v) is 5.25. The number of nitrogens with zero attached hydrogens (tertiary/aromatic N) is 1. The SMILES string of the molecule is CCC(C)(CO)Nc1cccc(F)c1[N+](=O)[O-]. The summed E-state index contributed by atoms with van der Waals surface area (Å²) < 4.78 is 13.3. The van der Waals surface area contributed by atoms with Crippen LogP contribution in [0.5, 0.6) is 0 Å². The third-order valence-corrected chi connectivity index (χ3v) is 2.74. The van der Waals surface area contributed by atoms with Crippen molar-refractivity contribution in [3.63, 3.8) is 0 Å². The van der Waals surface area contributed by atoms with E-state index in [1.807, 2.05) is 6.92 Å². The Kier molecular flexibility index (Phi) is 4.01. The van der Waals surface area contributed by atoms with E-state index in [1.54, 1.807) is 6.92 Å². The molecule has 1 unspecified atom stereocenters. The molecule has 0 fully saturated rings. The Morgan fingerprint density at radius 1 is 1.59 bits per heavy atom. The van der Waals surface area contributed by atoms with Gasteiger partial charge in [0.2, 0.25) is 5.82 Å². The van der Waals surface area contributed by atoms with Crippen LogP contribution in [0.1, 0.15) is 20.3 Å². The van der Waals surface area contributed by atoms with Gasteiger partial charge < -0.3 is 10.4 Å². The van der Waals surface area contributed by atoms with E-state index < -0.39 is 22.0 Å². The van der Waals surface area contributed by atoms with Crippen LogP contribution in [0, 0.1) is 15.9 Å². The predicted octanol–water partition coefficient (Wildman–Crippen LogP) is 2.31. The molecule has 0 bridgehead atoms. The molecule has 17 heavy (non-hydrogen) atoms. The normalized spacial score (nSPS) is 14.1. The van der Waals surface area contributed by atoms with Gasteiger partial charge in [0.05, 0.1) is 17.1 Å². The van der Waals surface area contributed by atoms with Crippen LogP contribution >= 0.6 is 0 Å². The molecule has 1 rings (SSSR count). The third kappa shape index (κ3) is 2.91. The highest BCUT2D eigenvalue weighted by Gasteiger charge is 2.26. The molecule has 5 nitrogen and oxygen atoms in total. The van der Waals surface area contributed by atoms with E-state index in [0.717, 1.165) is 6.07 Å². The average Bonchev–Trinajstić information content (AvgIpc) is 2.28. The van der Waals surface area contributed by atoms with Crippen molar-refractivity contribution in [3.05, 3.63) is 34.1 Å². The van der Waals surface area contributed by atoms with Gasteiger partial charge in [-0.05, 0) is 25.5 Å². The summed E-state index contributed by atoms with van der Waals surface area (Å²) in [5.41, 5.74) is -1.23. The van der Waals surface area contributed by atoms with Gasteiger partial charge in [-0.2, -0.15) is 4.39 Å². The van der Waals surface area contributed by atoms with Crippen LogP contribution in [0.25, 0.3) is 0 Å². The Bertz CT molecular complexity index is 419. The largest absolute Gasteiger partial charge is 0.394 e. The fraction of sp³-hybridized carbons (Fsp3) is 0.455. The highest BCUT2D eigenvalue weighted by Crippen LogP contribution is 2.30. The van der Waals surface area contributed by atoms with E-state index >= 15 is 0 Å². The Morgan fingerprint density at radius 2 is 2.24 bits per heavy atom. The molecule has 0 saturated carbocycles. The van der Waals surface area contributed by atoms with Gasteiger partial charge in [-0.15, -0.1) is 0 Å². The lowest BCUT2D eigenvalue weighted by atomic mass is 9.99. The zero-order valence-electron chi connectivity index (χ0n) is 9.74. The minimum atomic E-state index is -0.892. The minimum Gasteiger partial charge on any atom is -0.394 e. The number of halogens is 1. The molecule has 1 aromatic carbocycles. The summed E-state index contributed by atoms with van der Waals surface area (Å²) in [6, 6.07) is 3.84. The molecule has 0 aliphatic rings. The summed E-state index contributed by atoms with van der Waals surface area (Å²) in [6.07, 6.45) is 0.553. The minimum absolute atomic E-state index is 0.0772. The van der Waals surface area contributed by atoms with Gasteiger partial charge in [0.15, 0.2) is 0 Å². The van der Waals surface area contributed by atoms with Gasteiger partial charge in [-0.1, -0.05) is 13.0 Å². The van der Waals surface area contributed by atoms with Crippen LogP contribution in [-0.4, -0.2) is 22.2 Å². The molecule has 1 atom stereocenters. The van der Waals surface area contributed by atoms with Crippen LogP contribution in [0.2, 0.25) is 0 Å². The molecular formula is C11H15FN2O3. The number of nitro groups is 1. The first kappa shape index (κ1) is 13.4. The van der Waals surface area contributed by atoms with E-state index in [0.29, 0.717) is 6.42 Å². The maximum absolute atomic E-state index is 13.3. The molecule has 0 spiro atoms. The number of nitrogens with one attached hydrogen (secondary N) is 1. The van der Waals surface area contributed by atoms with Gasteiger partial charge in [0.25, 0.3) is 0 Å². The molecule has 0 saturated heterocycles. The molecular weight excluding hydrogens is 227 g/mol. The molecule has 2 N–H and O–H groups in total. The molecule has 0 heterocycles. The van der Waals surface area contributed by atoms with Gasteiger partial charge in [0, 0.05) is 0 Å². The highest BCUT2D eigenvalue weighted by atomic mass is 19.1. The summed E-state index contributed by atoms with van der Waals surface area (Å²) in [5.74, 6) is -0.892. The number of anilines is 1. The average molecular weight is 242 g/mol. The number of nitro benzene ring substituents is 1. The third-order valence-electron chi connectivity index (χ3n) is 2.74. The topological polar surface area (TPSA) is 75.4 Å². The molecule has 0 aliphatic heterocycles. The first-order chi connectivity index (χ1) is 7.93. The lowest BCUT2D eigenvalue weighted by Crippen LogP contribution is -2.38. The van der Waals surface area contributed by atoms with Crippen molar-refractivity contribution < 1.29 is 14.4 Å². The van der Waals surface area contributed by atoms with Crippen LogP contribution in [0.3, 0.4) is 0 Å². The van der Waals surface area contributed by atoms with Gasteiger partial charge in [-0.3, -0.25) is 10.1 Å². The van der Waals surface area contributed by atoms with Gasteiger partial charge in [-0.25, -0.2) is 0 Å². The van der Waals surface area contributed by atoms with E-state index in [-0.39, 0.29) is 12.3 Å². The fourth-order valence-corrected chi connectivity index (χ4v) is 1.37. The van der Waals surface area contributed by atoms with E-state index in [9.17, 15) is 19.6 Å². The Balaban J connectivity index is 3.15. The number of aliphatic hydroxyl groups is 1. The summed E-state index contributed by atoms with van der Waals surface area (Å²) >= 11 is 0. The quantitative estimate of drug-likeness (QED) is 0.613. The number of benzene rings is 1. The maximum Gasteiger partial charge on any atom is 0.327 e. The zero-order chi connectivity index (χ0) is 13.1. The van der Waals surface area contributed by atoms with E-state index in [1.165, 1.54) is 12.1 Å². The van der Waals surface area contributed by atoms with Crippen molar-refractivity contribution in [3.8, 4) is 0 Å². The molecule has 0 amide bonds. The molecule has 0 aromatic heterocycles. The monoisotopic (exact) mass is 242 g/mol. The van der Waals surface area contributed by atoms with Crippen LogP contribution in [-0.2, 0) is 0 Å². The van der Waals surface area contributed by atoms with E-state index in [2.05, 4.69) is 5.32 Å². The Morgan fingerprint density at radius 3 is 2.71 bits per heavy atom. The second kappa shape index (κ2) is 5.09. The summed E-state index contributed by atoms with van der Waals surface area (Å²) in [4.78, 5) is 10.00. The second-order valence-corrected chi connectivity index (χ2v) is 4.09. The predicted molar refractivity (Wildman–Crippen MR) is 62.5 cm³/mol. The summed E-state index contributed by atoms with van der Waals surface area (Å²) in [6.45, 7) is 3.34.